The van der Waals surface area contributed by atoms with Gasteiger partial charge in [0.1, 0.15) is 11.5 Å². The van der Waals surface area contributed by atoms with Crippen LogP contribution in [-0.4, -0.2) is 25.8 Å². The van der Waals surface area contributed by atoms with Crippen molar-refractivity contribution >= 4 is 6.03 Å². The zero-order valence-electron chi connectivity index (χ0n) is 13.3. The minimum atomic E-state index is -0.121. The minimum absolute atomic E-state index is 0.121. The molecule has 2 amide bonds. The highest BCUT2D eigenvalue weighted by Crippen LogP contribution is 2.40. The largest absolute Gasteiger partial charge is 0.493 e. The summed E-state index contributed by atoms with van der Waals surface area (Å²) in [5.74, 6) is 2.50. The highest BCUT2D eigenvalue weighted by atomic mass is 16.5. The van der Waals surface area contributed by atoms with Crippen molar-refractivity contribution in [2.24, 2.45) is 5.92 Å². The summed E-state index contributed by atoms with van der Waals surface area (Å²) in [6, 6.07) is 1.97. The van der Waals surface area contributed by atoms with Crippen molar-refractivity contribution in [1.29, 1.82) is 0 Å². The lowest BCUT2D eigenvalue weighted by Gasteiger charge is -2.14. The van der Waals surface area contributed by atoms with E-state index in [0.717, 1.165) is 36.3 Å². The summed E-state index contributed by atoms with van der Waals surface area (Å²) in [5, 5.41) is 5.84. The SMILES string of the molecule is CC(C)CCNC(=O)NCc1c2c(cc3c1OCC3)OCC2. The van der Waals surface area contributed by atoms with Crippen LogP contribution in [0.15, 0.2) is 6.07 Å². The summed E-state index contributed by atoms with van der Waals surface area (Å²) in [5.41, 5.74) is 3.46. The van der Waals surface area contributed by atoms with E-state index in [4.69, 9.17) is 9.47 Å². The Labute approximate surface area is 131 Å². The number of ether oxygens (including phenoxy) is 2. The Balaban J connectivity index is 1.64. The molecular weight excluding hydrogens is 280 g/mol. The van der Waals surface area contributed by atoms with E-state index in [9.17, 15) is 4.79 Å². The van der Waals surface area contributed by atoms with Crippen LogP contribution in [-0.2, 0) is 19.4 Å². The number of carbonyl (C=O) groups is 1. The van der Waals surface area contributed by atoms with Gasteiger partial charge in [-0.3, -0.25) is 0 Å². The molecule has 0 saturated heterocycles. The first-order valence-corrected chi connectivity index (χ1v) is 8.10. The molecular formula is C17H24N2O3. The molecule has 0 fully saturated rings. The fraction of sp³-hybridized carbons (Fsp3) is 0.588. The number of hydrogen-bond acceptors (Lipinski definition) is 3. The van der Waals surface area contributed by atoms with E-state index >= 15 is 0 Å². The van der Waals surface area contributed by atoms with Gasteiger partial charge in [0.25, 0.3) is 0 Å². The van der Waals surface area contributed by atoms with Gasteiger partial charge in [0.05, 0.1) is 13.2 Å². The summed E-state index contributed by atoms with van der Waals surface area (Å²) in [4.78, 5) is 11.9. The average Bonchev–Trinajstić information content (AvgIpc) is 3.11. The Morgan fingerprint density at radius 3 is 2.86 bits per heavy atom. The van der Waals surface area contributed by atoms with Gasteiger partial charge in [0.2, 0.25) is 0 Å². The van der Waals surface area contributed by atoms with Gasteiger partial charge in [0, 0.05) is 42.6 Å². The molecule has 0 aliphatic carbocycles. The van der Waals surface area contributed by atoms with Gasteiger partial charge in [-0.05, 0) is 18.4 Å². The number of urea groups is 1. The van der Waals surface area contributed by atoms with Crippen molar-refractivity contribution < 1.29 is 14.3 Å². The minimum Gasteiger partial charge on any atom is -0.493 e. The molecule has 0 spiro atoms. The van der Waals surface area contributed by atoms with E-state index in [1.54, 1.807) is 0 Å². The molecule has 2 aliphatic rings. The summed E-state index contributed by atoms with van der Waals surface area (Å²) in [6.45, 7) is 6.91. The maximum Gasteiger partial charge on any atom is 0.315 e. The second-order valence-corrected chi connectivity index (χ2v) is 6.31. The zero-order chi connectivity index (χ0) is 15.5. The molecule has 0 aromatic heterocycles. The van der Waals surface area contributed by atoms with E-state index in [-0.39, 0.29) is 6.03 Å². The van der Waals surface area contributed by atoms with Crippen LogP contribution < -0.4 is 20.1 Å². The molecule has 5 heteroatoms. The molecule has 5 nitrogen and oxygen atoms in total. The summed E-state index contributed by atoms with van der Waals surface area (Å²) < 4.78 is 11.5. The fourth-order valence-corrected chi connectivity index (χ4v) is 2.98. The lowest BCUT2D eigenvalue weighted by atomic mass is 9.99. The van der Waals surface area contributed by atoms with E-state index < -0.39 is 0 Å². The van der Waals surface area contributed by atoms with Crippen LogP contribution >= 0.6 is 0 Å². The monoisotopic (exact) mass is 304 g/mol. The topological polar surface area (TPSA) is 59.6 Å². The van der Waals surface area contributed by atoms with Crippen molar-refractivity contribution in [2.45, 2.75) is 39.7 Å². The molecule has 0 bridgehead atoms. The van der Waals surface area contributed by atoms with Crippen LogP contribution in [0.5, 0.6) is 11.5 Å². The average molecular weight is 304 g/mol. The molecule has 2 heterocycles. The molecule has 22 heavy (non-hydrogen) atoms. The van der Waals surface area contributed by atoms with Crippen LogP contribution in [0.25, 0.3) is 0 Å². The number of rotatable bonds is 5. The third kappa shape index (κ3) is 3.13. The zero-order valence-corrected chi connectivity index (χ0v) is 13.3. The maximum absolute atomic E-state index is 11.9. The van der Waals surface area contributed by atoms with Crippen LogP contribution in [0.4, 0.5) is 4.79 Å². The predicted octanol–water partition coefficient (Wildman–Crippen LogP) is 2.40. The van der Waals surface area contributed by atoms with Crippen molar-refractivity contribution in [2.75, 3.05) is 19.8 Å². The highest BCUT2D eigenvalue weighted by Gasteiger charge is 2.26. The standard InChI is InChI=1S/C17H24N2O3/c1-11(2)3-6-18-17(20)19-10-14-13-5-8-21-15(13)9-12-4-7-22-16(12)14/h9,11H,3-8,10H2,1-2H3,(H2,18,19,20). The number of nitrogens with one attached hydrogen (secondary N) is 2. The molecule has 120 valence electrons. The van der Waals surface area contributed by atoms with Gasteiger partial charge < -0.3 is 20.1 Å². The quantitative estimate of drug-likeness (QED) is 0.878. The Bertz CT molecular complexity index is 537. The van der Waals surface area contributed by atoms with Gasteiger partial charge in [0.15, 0.2) is 0 Å². The lowest BCUT2D eigenvalue weighted by Crippen LogP contribution is -2.36. The molecule has 0 atom stereocenters. The Kier molecular flexibility index (Phi) is 4.41. The van der Waals surface area contributed by atoms with Crippen LogP contribution in [0.3, 0.4) is 0 Å². The summed E-state index contributed by atoms with van der Waals surface area (Å²) >= 11 is 0. The molecule has 0 saturated carbocycles. The van der Waals surface area contributed by atoms with Crippen molar-refractivity contribution in [3.63, 3.8) is 0 Å². The number of carbonyl (C=O) groups excluding carboxylic acids is 1. The molecule has 1 aromatic carbocycles. The highest BCUT2D eigenvalue weighted by molar-refractivity contribution is 5.74. The van der Waals surface area contributed by atoms with Crippen molar-refractivity contribution in [1.82, 2.24) is 10.6 Å². The Hall–Kier alpha value is -1.91. The maximum atomic E-state index is 11.9. The lowest BCUT2D eigenvalue weighted by molar-refractivity contribution is 0.239. The van der Waals surface area contributed by atoms with E-state index in [1.165, 1.54) is 11.1 Å². The van der Waals surface area contributed by atoms with Crippen molar-refractivity contribution in [3.05, 3.63) is 22.8 Å². The van der Waals surface area contributed by atoms with Gasteiger partial charge >= 0.3 is 6.03 Å². The number of benzene rings is 1. The summed E-state index contributed by atoms with van der Waals surface area (Å²) in [7, 11) is 0. The first-order chi connectivity index (χ1) is 10.6. The summed E-state index contributed by atoms with van der Waals surface area (Å²) in [6.07, 6.45) is 2.79. The van der Waals surface area contributed by atoms with Crippen LogP contribution in [0, 0.1) is 5.92 Å². The van der Waals surface area contributed by atoms with Gasteiger partial charge in [-0.25, -0.2) is 4.79 Å². The van der Waals surface area contributed by atoms with Crippen molar-refractivity contribution in [3.8, 4) is 11.5 Å². The van der Waals surface area contributed by atoms with Gasteiger partial charge in [-0.15, -0.1) is 0 Å². The van der Waals surface area contributed by atoms with E-state index in [1.807, 2.05) is 0 Å². The van der Waals surface area contributed by atoms with Crippen LogP contribution in [0.1, 0.15) is 37.0 Å². The number of fused-ring (bicyclic) bond motifs is 2. The third-order valence-corrected chi connectivity index (χ3v) is 4.19. The second-order valence-electron chi connectivity index (χ2n) is 6.31. The molecule has 1 aromatic rings. The van der Waals surface area contributed by atoms with Gasteiger partial charge in [-0.1, -0.05) is 13.8 Å². The smallest absolute Gasteiger partial charge is 0.315 e. The van der Waals surface area contributed by atoms with Crippen LogP contribution in [0.2, 0.25) is 0 Å². The normalized spacial score (nSPS) is 15.0. The Morgan fingerprint density at radius 2 is 2.05 bits per heavy atom. The fourth-order valence-electron chi connectivity index (χ4n) is 2.98. The predicted molar refractivity (Wildman–Crippen MR) is 84.5 cm³/mol. The Morgan fingerprint density at radius 1 is 1.23 bits per heavy atom. The molecule has 2 aliphatic heterocycles. The first kappa shape index (κ1) is 15.0. The third-order valence-electron chi connectivity index (χ3n) is 4.19. The van der Waals surface area contributed by atoms with E-state index in [2.05, 4.69) is 30.5 Å². The number of amides is 2. The molecule has 2 N–H and O–H groups in total. The van der Waals surface area contributed by atoms with E-state index in [0.29, 0.717) is 32.2 Å². The molecule has 0 unspecified atom stereocenters. The molecule has 3 rings (SSSR count). The number of hydrogen-bond donors (Lipinski definition) is 2. The first-order valence-electron chi connectivity index (χ1n) is 8.10. The van der Waals surface area contributed by atoms with Gasteiger partial charge in [-0.2, -0.15) is 0 Å². The second kappa shape index (κ2) is 6.46. The molecule has 0 radical (unpaired) electrons.